The van der Waals surface area contributed by atoms with E-state index < -0.39 is 0 Å². The molecule has 2 nitrogen and oxygen atoms in total. The Morgan fingerprint density at radius 2 is 1.62 bits per heavy atom. The number of nitrogens with zero attached hydrogens (tertiary/aromatic N) is 2. The van der Waals surface area contributed by atoms with Gasteiger partial charge in [0.05, 0.1) is 11.4 Å². The minimum atomic E-state index is 0.661. The Bertz CT molecular complexity index is 610. The molecule has 2 aliphatic heterocycles. The third kappa shape index (κ3) is 2.34. The van der Waals surface area contributed by atoms with Crippen molar-refractivity contribution in [2.45, 2.75) is 28.7 Å². The lowest BCUT2D eigenvalue weighted by atomic mass is 10.1. The first-order valence-electron chi connectivity index (χ1n) is 7.66. The van der Waals surface area contributed by atoms with E-state index in [1.807, 2.05) is 11.8 Å². The highest BCUT2D eigenvalue weighted by molar-refractivity contribution is 7.99. The van der Waals surface area contributed by atoms with Crippen molar-refractivity contribution in [2.24, 2.45) is 0 Å². The van der Waals surface area contributed by atoms with E-state index in [-0.39, 0.29) is 0 Å². The van der Waals surface area contributed by atoms with Crippen LogP contribution in [0.2, 0.25) is 0 Å². The van der Waals surface area contributed by atoms with Gasteiger partial charge in [0.15, 0.2) is 0 Å². The van der Waals surface area contributed by atoms with E-state index in [9.17, 15) is 0 Å². The normalized spacial score (nSPS) is 21.2. The lowest BCUT2D eigenvalue weighted by Crippen LogP contribution is -2.37. The molecule has 0 amide bonds. The smallest absolute Gasteiger partial charge is 0.0553 e. The highest BCUT2D eigenvalue weighted by atomic mass is 32.2. The van der Waals surface area contributed by atoms with E-state index in [1.165, 1.54) is 40.6 Å². The topological polar surface area (TPSA) is 6.48 Å². The highest BCUT2D eigenvalue weighted by Crippen LogP contribution is 2.48. The Morgan fingerprint density at radius 3 is 2.19 bits per heavy atom. The van der Waals surface area contributed by atoms with Gasteiger partial charge in [0.1, 0.15) is 0 Å². The molecule has 0 unspecified atom stereocenters. The van der Waals surface area contributed by atoms with Crippen LogP contribution in [0.25, 0.3) is 0 Å². The van der Waals surface area contributed by atoms with Gasteiger partial charge >= 0.3 is 0 Å². The number of anilines is 2. The summed E-state index contributed by atoms with van der Waals surface area (Å²) in [5.41, 5.74) is 2.73. The number of benzene rings is 2. The van der Waals surface area contributed by atoms with Gasteiger partial charge < -0.3 is 9.80 Å². The van der Waals surface area contributed by atoms with Crippen LogP contribution in [0.3, 0.4) is 0 Å². The zero-order valence-corrected chi connectivity index (χ0v) is 13.1. The molecular formula is C18H20N2S. The Morgan fingerprint density at radius 1 is 1.00 bits per heavy atom. The summed E-state index contributed by atoms with van der Waals surface area (Å²) in [6.07, 6.45) is 2.64. The van der Waals surface area contributed by atoms with Gasteiger partial charge in [0, 0.05) is 22.4 Å². The first kappa shape index (κ1) is 13.2. The molecule has 2 aliphatic rings. The molecule has 1 saturated heterocycles. The SMILES string of the molecule is CN1CCC[C@@H]1CN1c2ccccc2Sc2ccccc21. The maximum atomic E-state index is 2.52. The fraction of sp³-hybridized carbons (Fsp3) is 0.333. The van der Waals surface area contributed by atoms with Gasteiger partial charge in [0.2, 0.25) is 0 Å². The Labute approximate surface area is 130 Å². The number of hydrogen-bond donors (Lipinski definition) is 0. The number of likely N-dealkylation sites (tertiary alicyclic amines) is 1. The first-order chi connectivity index (χ1) is 10.3. The predicted molar refractivity (Wildman–Crippen MR) is 89.7 cm³/mol. The Hall–Kier alpha value is -1.45. The zero-order valence-electron chi connectivity index (χ0n) is 12.3. The van der Waals surface area contributed by atoms with Crippen molar-refractivity contribution in [3.8, 4) is 0 Å². The number of hydrogen-bond acceptors (Lipinski definition) is 3. The highest BCUT2D eigenvalue weighted by Gasteiger charge is 2.28. The molecule has 0 saturated carbocycles. The van der Waals surface area contributed by atoms with Crippen LogP contribution in [0.4, 0.5) is 11.4 Å². The summed E-state index contributed by atoms with van der Waals surface area (Å²) in [7, 11) is 2.26. The van der Waals surface area contributed by atoms with Gasteiger partial charge in [0.25, 0.3) is 0 Å². The molecule has 2 aromatic carbocycles. The van der Waals surface area contributed by atoms with Crippen LogP contribution < -0.4 is 4.90 Å². The van der Waals surface area contributed by atoms with Crippen molar-refractivity contribution >= 4 is 23.1 Å². The lowest BCUT2D eigenvalue weighted by molar-refractivity contribution is 0.315. The van der Waals surface area contributed by atoms with Crippen LogP contribution in [0.15, 0.2) is 58.3 Å². The zero-order chi connectivity index (χ0) is 14.2. The van der Waals surface area contributed by atoms with E-state index >= 15 is 0 Å². The maximum Gasteiger partial charge on any atom is 0.0553 e. The second kappa shape index (κ2) is 5.39. The van der Waals surface area contributed by atoms with Crippen molar-refractivity contribution in [1.82, 2.24) is 4.90 Å². The summed E-state index contributed by atoms with van der Waals surface area (Å²) in [6, 6.07) is 18.2. The van der Waals surface area contributed by atoms with E-state index in [0.29, 0.717) is 6.04 Å². The molecule has 2 heterocycles. The summed E-state index contributed by atoms with van der Waals surface area (Å²) in [4.78, 5) is 7.77. The summed E-state index contributed by atoms with van der Waals surface area (Å²) in [5.74, 6) is 0. The molecule has 0 N–H and O–H groups in total. The van der Waals surface area contributed by atoms with E-state index in [4.69, 9.17) is 0 Å². The van der Waals surface area contributed by atoms with Gasteiger partial charge in [-0.2, -0.15) is 0 Å². The minimum absolute atomic E-state index is 0.661. The Kier molecular flexibility index (Phi) is 3.40. The van der Waals surface area contributed by atoms with Gasteiger partial charge in [-0.05, 0) is 50.7 Å². The lowest BCUT2D eigenvalue weighted by Gasteiger charge is -2.36. The molecule has 0 radical (unpaired) electrons. The largest absolute Gasteiger partial charge is 0.338 e. The average Bonchev–Trinajstić information content (AvgIpc) is 2.92. The number of fused-ring (bicyclic) bond motifs is 2. The summed E-state index contributed by atoms with van der Waals surface area (Å²) in [6.45, 7) is 2.32. The van der Waals surface area contributed by atoms with E-state index in [2.05, 4.69) is 65.4 Å². The summed E-state index contributed by atoms with van der Waals surface area (Å²) >= 11 is 1.89. The molecule has 0 spiro atoms. The maximum absolute atomic E-state index is 2.52. The molecule has 4 rings (SSSR count). The van der Waals surface area contributed by atoms with Gasteiger partial charge in [-0.25, -0.2) is 0 Å². The predicted octanol–water partition coefficient (Wildman–Crippen LogP) is 4.38. The molecule has 0 aliphatic carbocycles. The third-order valence-corrected chi connectivity index (χ3v) is 5.73. The molecule has 1 fully saturated rings. The number of rotatable bonds is 2. The molecule has 0 bridgehead atoms. The quantitative estimate of drug-likeness (QED) is 0.812. The molecule has 21 heavy (non-hydrogen) atoms. The third-order valence-electron chi connectivity index (χ3n) is 4.60. The standard InChI is InChI=1S/C18H20N2S/c1-19-12-6-7-14(19)13-20-15-8-2-4-10-17(15)21-18-11-5-3-9-16(18)20/h2-5,8-11,14H,6-7,12-13H2,1H3/t14-/m1/s1. The van der Waals surface area contributed by atoms with Gasteiger partial charge in [-0.15, -0.1) is 0 Å². The first-order valence-corrected chi connectivity index (χ1v) is 8.48. The van der Waals surface area contributed by atoms with Crippen molar-refractivity contribution in [3.05, 3.63) is 48.5 Å². The van der Waals surface area contributed by atoms with Crippen LogP contribution in [0, 0.1) is 0 Å². The monoisotopic (exact) mass is 296 g/mol. The molecule has 3 heteroatoms. The van der Waals surface area contributed by atoms with Gasteiger partial charge in [-0.3, -0.25) is 0 Å². The van der Waals surface area contributed by atoms with Crippen molar-refractivity contribution in [2.75, 3.05) is 25.0 Å². The second-order valence-corrected chi connectivity index (χ2v) is 7.01. The second-order valence-electron chi connectivity index (χ2n) is 5.92. The van der Waals surface area contributed by atoms with Crippen LogP contribution in [0.1, 0.15) is 12.8 Å². The fourth-order valence-corrected chi connectivity index (χ4v) is 4.49. The fourth-order valence-electron chi connectivity index (χ4n) is 3.40. The van der Waals surface area contributed by atoms with Crippen molar-refractivity contribution in [1.29, 1.82) is 0 Å². The minimum Gasteiger partial charge on any atom is -0.338 e. The molecule has 1 atom stereocenters. The molecular weight excluding hydrogens is 276 g/mol. The van der Waals surface area contributed by atoms with Gasteiger partial charge in [-0.1, -0.05) is 36.0 Å². The summed E-state index contributed by atoms with van der Waals surface area (Å²) in [5, 5.41) is 0. The van der Waals surface area contributed by atoms with E-state index in [1.54, 1.807) is 0 Å². The number of likely N-dealkylation sites (N-methyl/N-ethyl adjacent to an activating group) is 1. The Balaban J connectivity index is 1.74. The average molecular weight is 296 g/mol. The molecule has 2 aromatic rings. The molecule has 0 aromatic heterocycles. The number of para-hydroxylation sites is 2. The van der Waals surface area contributed by atoms with E-state index in [0.717, 1.165) is 6.54 Å². The van der Waals surface area contributed by atoms with Crippen LogP contribution in [0.5, 0.6) is 0 Å². The summed E-state index contributed by atoms with van der Waals surface area (Å²) < 4.78 is 0. The van der Waals surface area contributed by atoms with Crippen LogP contribution in [-0.4, -0.2) is 31.1 Å². The van der Waals surface area contributed by atoms with Crippen LogP contribution >= 0.6 is 11.8 Å². The molecule has 108 valence electrons. The van der Waals surface area contributed by atoms with Crippen LogP contribution in [-0.2, 0) is 0 Å². The van der Waals surface area contributed by atoms with Crippen molar-refractivity contribution in [3.63, 3.8) is 0 Å². The van der Waals surface area contributed by atoms with Crippen molar-refractivity contribution < 1.29 is 0 Å².